The van der Waals surface area contributed by atoms with Crippen LogP contribution in [-0.2, 0) is 25.4 Å². The molecular weight excluding hydrogens is 497 g/mol. The Morgan fingerprint density at radius 1 is 1.11 bits per heavy atom. The second-order valence-electron chi connectivity index (χ2n) is 9.48. The SMILES string of the molecule is CC(C)OCCCNC(=S)N1CCN(c2nc3c(c(=O)n(C)c(=O)n3C)n2Cc2ccc(F)cc2)CC1. The minimum atomic E-state index is -0.435. The van der Waals surface area contributed by atoms with Gasteiger partial charge >= 0.3 is 5.69 Å². The van der Waals surface area contributed by atoms with Crippen LogP contribution in [0, 0.1) is 5.82 Å². The number of fused-ring (bicyclic) bond motifs is 1. The van der Waals surface area contributed by atoms with Gasteiger partial charge in [0.25, 0.3) is 5.56 Å². The van der Waals surface area contributed by atoms with E-state index in [9.17, 15) is 14.0 Å². The number of hydrogen-bond acceptors (Lipinski definition) is 6. The Bertz CT molecular complexity index is 1370. The maximum Gasteiger partial charge on any atom is 0.332 e. The summed E-state index contributed by atoms with van der Waals surface area (Å²) in [6.07, 6.45) is 1.09. The zero-order valence-corrected chi connectivity index (χ0v) is 22.6. The Kier molecular flexibility index (Phi) is 8.28. The Labute approximate surface area is 220 Å². The molecule has 3 aromatic rings. The maximum atomic E-state index is 13.5. The minimum absolute atomic E-state index is 0.218. The molecule has 0 saturated carbocycles. The van der Waals surface area contributed by atoms with Crippen LogP contribution in [0.4, 0.5) is 10.3 Å². The van der Waals surface area contributed by atoms with Crippen molar-refractivity contribution in [1.82, 2.24) is 28.9 Å². The van der Waals surface area contributed by atoms with Gasteiger partial charge in [0.15, 0.2) is 16.3 Å². The quantitative estimate of drug-likeness (QED) is 0.345. The molecule has 1 aromatic carbocycles. The first-order chi connectivity index (χ1) is 17.7. The number of piperazine rings is 1. The molecule has 0 bridgehead atoms. The number of anilines is 1. The second-order valence-corrected chi connectivity index (χ2v) is 9.87. The van der Waals surface area contributed by atoms with Crippen LogP contribution < -0.4 is 21.5 Å². The number of thiocarbonyl (C=S) groups is 1. The van der Waals surface area contributed by atoms with E-state index in [1.807, 2.05) is 18.4 Å². The number of nitrogens with one attached hydrogen (secondary N) is 1. The molecular formula is C25H34FN7O3S. The van der Waals surface area contributed by atoms with Gasteiger partial charge in [-0.3, -0.25) is 18.5 Å². The molecule has 3 heterocycles. The molecule has 200 valence electrons. The van der Waals surface area contributed by atoms with Gasteiger partial charge < -0.3 is 19.9 Å². The van der Waals surface area contributed by atoms with Crippen LogP contribution in [0.3, 0.4) is 0 Å². The van der Waals surface area contributed by atoms with E-state index in [-0.39, 0.29) is 11.9 Å². The summed E-state index contributed by atoms with van der Waals surface area (Å²) in [6.45, 7) is 8.43. The monoisotopic (exact) mass is 531 g/mol. The van der Waals surface area contributed by atoms with E-state index in [0.717, 1.165) is 23.1 Å². The number of benzene rings is 1. The highest BCUT2D eigenvalue weighted by Crippen LogP contribution is 2.23. The van der Waals surface area contributed by atoms with Gasteiger partial charge in [-0.1, -0.05) is 12.1 Å². The van der Waals surface area contributed by atoms with Crippen molar-refractivity contribution in [1.29, 1.82) is 0 Å². The fourth-order valence-electron chi connectivity index (χ4n) is 4.41. The third kappa shape index (κ3) is 5.85. The van der Waals surface area contributed by atoms with Gasteiger partial charge in [0.2, 0.25) is 5.95 Å². The van der Waals surface area contributed by atoms with E-state index in [0.29, 0.717) is 61.6 Å². The molecule has 0 atom stereocenters. The molecule has 0 radical (unpaired) electrons. The van der Waals surface area contributed by atoms with E-state index in [1.54, 1.807) is 19.2 Å². The molecule has 1 saturated heterocycles. The number of aryl methyl sites for hydroxylation is 1. The molecule has 4 rings (SSSR count). The minimum Gasteiger partial charge on any atom is -0.379 e. The number of hydrogen-bond donors (Lipinski definition) is 1. The van der Waals surface area contributed by atoms with Crippen LogP contribution in [-0.4, -0.2) is 74.1 Å². The second kappa shape index (κ2) is 11.4. The van der Waals surface area contributed by atoms with E-state index in [4.69, 9.17) is 21.9 Å². The Morgan fingerprint density at radius 3 is 2.43 bits per heavy atom. The zero-order valence-electron chi connectivity index (χ0n) is 21.7. The molecule has 1 aliphatic heterocycles. The summed E-state index contributed by atoms with van der Waals surface area (Å²) >= 11 is 5.59. The normalized spacial score (nSPS) is 14.1. The summed E-state index contributed by atoms with van der Waals surface area (Å²) < 4.78 is 23.4. The van der Waals surface area contributed by atoms with Crippen molar-refractivity contribution in [2.45, 2.75) is 32.9 Å². The van der Waals surface area contributed by atoms with Crippen molar-refractivity contribution in [2.75, 3.05) is 44.2 Å². The molecule has 37 heavy (non-hydrogen) atoms. The summed E-state index contributed by atoms with van der Waals surface area (Å²) in [7, 11) is 3.07. The lowest BCUT2D eigenvalue weighted by atomic mass is 10.2. The fraction of sp³-hybridized carbons (Fsp3) is 0.520. The van der Waals surface area contributed by atoms with Gasteiger partial charge in [0, 0.05) is 53.4 Å². The summed E-state index contributed by atoms with van der Waals surface area (Å²) in [6, 6.07) is 6.16. The molecule has 1 fully saturated rings. The van der Waals surface area contributed by atoms with Gasteiger partial charge in [0.05, 0.1) is 12.6 Å². The van der Waals surface area contributed by atoms with Crippen LogP contribution in [0.1, 0.15) is 25.8 Å². The molecule has 1 N–H and O–H groups in total. The lowest BCUT2D eigenvalue weighted by molar-refractivity contribution is 0.0776. The third-order valence-corrected chi connectivity index (χ3v) is 6.88. The summed E-state index contributed by atoms with van der Waals surface area (Å²) in [5.41, 5.74) is 0.642. The molecule has 2 aromatic heterocycles. The van der Waals surface area contributed by atoms with Gasteiger partial charge in [0.1, 0.15) is 5.82 Å². The highest BCUT2D eigenvalue weighted by molar-refractivity contribution is 7.80. The maximum absolute atomic E-state index is 13.5. The molecule has 0 aliphatic carbocycles. The highest BCUT2D eigenvalue weighted by atomic mass is 32.1. The standard InChI is InChI=1S/C25H34FN7O3S/c1-17(2)36-15-5-10-27-24(37)32-13-11-31(12-14-32)23-28-21-20(22(34)30(4)25(35)29(21)3)33(23)16-18-6-8-19(26)9-7-18/h6-9,17H,5,10-16H2,1-4H3,(H,27,37). The van der Waals surface area contributed by atoms with Crippen molar-refractivity contribution in [3.63, 3.8) is 0 Å². The van der Waals surface area contributed by atoms with Crippen LogP contribution in [0.25, 0.3) is 11.2 Å². The number of aromatic nitrogens is 4. The number of ether oxygens (including phenoxy) is 1. The van der Waals surface area contributed by atoms with E-state index >= 15 is 0 Å². The lowest BCUT2D eigenvalue weighted by Gasteiger charge is -2.36. The van der Waals surface area contributed by atoms with Crippen LogP contribution >= 0.6 is 12.2 Å². The molecule has 0 spiro atoms. The number of halogens is 1. The average molecular weight is 532 g/mol. The number of rotatable bonds is 8. The topological polar surface area (TPSA) is 89.6 Å². The predicted molar refractivity (Wildman–Crippen MR) is 146 cm³/mol. The zero-order chi connectivity index (χ0) is 26.7. The van der Waals surface area contributed by atoms with Crippen molar-refractivity contribution < 1.29 is 9.13 Å². The first-order valence-corrected chi connectivity index (χ1v) is 12.9. The molecule has 10 nitrogen and oxygen atoms in total. The predicted octanol–water partition coefficient (Wildman–Crippen LogP) is 1.43. The Balaban J connectivity index is 1.55. The molecule has 0 unspecified atom stereocenters. The van der Waals surface area contributed by atoms with Crippen molar-refractivity contribution in [3.05, 3.63) is 56.5 Å². The molecule has 0 amide bonds. The van der Waals surface area contributed by atoms with E-state index in [2.05, 4.69) is 15.1 Å². The van der Waals surface area contributed by atoms with E-state index in [1.165, 1.54) is 23.7 Å². The van der Waals surface area contributed by atoms with E-state index < -0.39 is 11.2 Å². The van der Waals surface area contributed by atoms with Gasteiger partial charge in [-0.2, -0.15) is 4.98 Å². The fourth-order valence-corrected chi connectivity index (χ4v) is 4.69. The largest absolute Gasteiger partial charge is 0.379 e. The Morgan fingerprint density at radius 2 is 1.78 bits per heavy atom. The van der Waals surface area contributed by atoms with Crippen molar-refractivity contribution in [3.8, 4) is 0 Å². The summed E-state index contributed by atoms with van der Waals surface area (Å²) in [5, 5.41) is 4.01. The van der Waals surface area contributed by atoms with Gasteiger partial charge in [-0.25, -0.2) is 9.18 Å². The van der Waals surface area contributed by atoms with Crippen LogP contribution in [0.2, 0.25) is 0 Å². The smallest absolute Gasteiger partial charge is 0.332 e. The first-order valence-electron chi connectivity index (χ1n) is 12.5. The number of nitrogens with zero attached hydrogens (tertiary/aromatic N) is 6. The number of imidazole rings is 1. The summed E-state index contributed by atoms with van der Waals surface area (Å²) in [5.74, 6) is 0.271. The average Bonchev–Trinajstić information content (AvgIpc) is 3.26. The van der Waals surface area contributed by atoms with Crippen molar-refractivity contribution >= 4 is 34.4 Å². The molecule has 12 heteroatoms. The third-order valence-electron chi connectivity index (χ3n) is 6.48. The van der Waals surface area contributed by atoms with Gasteiger partial charge in [-0.05, 0) is 50.2 Å². The summed E-state index contributed by atoms with van der Waals surface area (Å²) in [4.78, 5) is 34.7. The highest BCUT2D eigenvalue weighted by Gasteiger charge is 2.26. The van der Waals surface area contributed by atoms with Crippen molar-refractivity contribution in [2.24, 2.45) is 14.1 Å². The Hall–Kier alpha value is -3.25. The first kappa shape index (κ1) is 26.8. The van der Waals surface area contributed by atoms with Crippen LogP contribution in [0.5, 0.6) is 0 Å². The molecule has 1 aliphatic rings. The van der Waals surface area contributed by atoms with Crippen LogP contribution in [0.15, 0.2) is 33.9 Å². The van der Waals surface area contributed by atoms with Gasteiger partial charge in [-0.15, -0.1) is 0 Å². The lowest BCUT2D eigenvalue weighted by Crippen LogP contribution is -2.52.